The van der Waals surface area contributed by atoms with E-state index in [1.165, 1.54) is 13.2 Å². The van der Waals surface area contributed by atoms with Gasteiger partial charge in [-0.2, -0.15) is 0 Å². The Balaban J connectivity index is 2.13. The van der Waals surface area contributed by atoms with E-state index in [9.17, 15) is 9.59 Å². The number of primary amides is 1. The molecule has 28 heavy (non-hydrogen) atoms. The number of carbonyl (C=O) groups excluding carboxylic acids is 2. The molecule has 2 aromatic carbocycles. The summed E-state index contributed by atoms with van der Waals surface area (Å²) in [6.45, 7) is 0.501. The highest BCUT2D eigenvalue weighted by atomic mass is 35.5. The van der Waals surface area contributed by atoms with Crippen molar-refractivity contribution in [3.8, 4) is 5.75 Å². The third kappa shape index (κ3) is 3.73. The van der Waals surface area contributed by atoms with E-state index >= 15 is 0 Å². The van der Waals surface area contributed by atoms with E-state index in [4.69, 9.17) is 22.1 Å². The molecule has 0 radical (unpaired) electrons. The quantitative estimate of drug-likeness (QED) is 0.298. The lowest BCUT2D eigenvalue weighted by Crippen LogP contribution is -2.21. The second kappa shape index (κ2) is 8.19. The Morgan fingerprint density at radius 1 is 1.11 bits per heavy atom. The SMILES string of the molecule is COC(=O)C(=Cc1c(Cl)n(Cc2ccc(OC)cc2)c2ccccc12)C(N)=O. The second-order valence-electron chi connectivity index (χ2n) is 6.07. The molecule has 144 valence electrons. The van der Waals surface area contributed by atoms with E-state index in [2.05, 4.69) is 4.74 Å². The minimum atomic E-state index is -0.880. The molecular formula is C21H19ClN2O4. The number of para-hydroxylation sites is 1. The van der Waals surface area contributed by atoms with E-state index < -0.39 is 11.9 Å². The highest BCUT2D eigenvalue weighted by Gasteiger charge is 2.20. The van der Waals surface area contributed by atoms with Gasteiger partial charge in [0.15, 0.2) is 0 Å². The van der Waals surface area contributed by atoms with Crippen LogP contribution in [0.1, 0.15) is 11.1 Å². The molecule has 3 aromatic rings. The maximum atomic E-state index is 11.9. The zero-order valence-electron chi connectivity index (χ0n) is 15.4. The molecule has 0 aliphatic carbocycles. The van der Waals surface area contributed by atoms with Crippen LogP contribution in [0.4, 0.5) is 0 Å². The first-order valence-electron chi connectivity index (χ1n) is 8.45. The number of aromatic nitrogens is 1. The first kappa shape index (κ1) is 19.5. The Morgan fingerprint density at radius 2 is 1.79 bits per heavy atom. The summed E-state index contributed by atoms with van der Waals surface area (Å²) >= 11 is 6.65. The van der Waals surface area contributed by atoms with Crippen LogP contribution in [0.25, 0.3) is 17.0 Å². The number of nitrogens with zero attached hydrogens (tertiary/aromatic N) is 1. The Morgan fingerprint density at radius 3 is 2.39 bits per heavy atom. The van der Waals surface area contributed by atoms with Gasteiger partial charge in [-0.25, -0.2) is 4.79 Å². The third-order valence-corrected chi connectivity index (χ3v) is 4.81. The monoisotopic (exact) mass is 398 g/mol. The van der Waals surface area contributed by atoms with Crippen molar-refractivity contribution in [1.29, 1.82) is 0 Å². The normalized spacial score (nSPS) is 11.5. The molecule has 2 N–H and O–H groups in total. The number of benzene rings is 2. The molecule has 1 heterocycles. The molecule has 0 saturated heterocycles. The summed E-state index contributed by atoms with van der Waals surface area (Å²) in [5, 5.41) is 1.18. The molecule has 7 heteroatoms. The topological polar surface area (TPSA) is 83.6 Å². The summed E-state index contributed by atoms with van der Waals surface area (Å²) in [5.74, 6) is -0.925. The molecule has 6 nitrogen and oxygen atoms in total. The summed E-state index contributed by atoms with van der Waals surface area (Å²) in [6.07, 6.45) is 1.38. The third-order valence-electron chi connectivity index (χ3n) is 4.40. The van der Waals surface area contributed by atoms with Gasteiger partial charge in [0.1, 0.15) is 16.5 Å². The molecule has 0 unspecified atom stereocenters. The molecule has 0 aliphatic rings. The Labute approximate surface area is 167 Å². The highest BCUT2D eigenvalue weighted by molar-refractivity contribution is 6.33. The molecule has 0 fully saturated rings. The zero-order valence-corrected chi connectivity index (χ0v) is 16.2. The lowest BCUT2D eigenvalue weighted by atomic mass is 10.1. The summed E-state index contributed by atoms with van der Waals surface area (Å²) < 4.78 is 11.7. The van der Waals surface area contributed by atoms with Gasteiger partial charge >= 0.3 is 5.97 Å². The van der Waals surface area contributed by atoms with Crippen LogP contribution in [-0.2, 0) is 20.9 Å². The van der Waals surface area contributed by atoms with Crippen LogP contribution in [0.15, 0.2) is 54.1 Å². The van der Waals surface area contributed by atoms with Gasteiger partial charge in [-0.3, -0.25) is 4.79 Å². The van der Waals surface area contributed by atoms with E-state index in [0.717, 1.165) is 22.2 Å². The first-order chi connectivity index (χ1) is 13.5. The molecule has 0 aliphatic heterocycles. The number of nitrogens with two attached hydrogens (primary N) is 1. The van der Waals surface area contributed by atoms with Crippen molar-refractivity contribution in [3.05, 3.63) is 70.4 Å². The van der Waals surface area contributed by atoms with Gasteiger partial charge < -0.3 is 19.8 Å². The minimum Gasteiger partial charge on any atom is -0.497 e. The van der Waals surface area contributed by atoms with Gasteiger partial charge in [0.05, 0.1) is 19.7 Å². The van der Waals surface area contributed by atoms with Crippen LogP contribution in [0.3, 0.4) is 0 Å². The predicted molar refractivity (Wildman–Crippen MR) is 108 cm³/mol. The van der Waals surface area contributed by atoms with Crippen LogP contribution >= 0.6 is 11.6 Å². The lowest BCUT2D eigenvalue weighted by Gasteiger charge is -2.08. The number of hydrogen-bond donors (Lipinski definition) is 1. The van der Waals surface area contributed by atoms with Crippen LogP contribution in [0.2, 0.25) is 5.15 Å². The maximum absolute atomic E-state index is 11.9. The molecule has 0 spiro atoms. The number of methoxy groups -OCH3 is 2. The summed E-state index contributed by atoms with van der Waals surface area (Å²) in [6, 6.07) is 15.2. The first-order valence-corrected chi connectivity index (χ1v) is 8.83. The summed E-state index contributed by atoms with van der Waals surface area (Å²) in [7, 11) is 2.80. The number of carbonyl (C=O) groups is 2. The standard InChI is InChI=1S/C21H19ClN2O4/c1-27-14-9-7-13(8-10-14)12-24-18-6-4-3-5-15(18)16(19(24)22)11-17(20(23)25)21(26)28-2/h3-11H,12H2,1-2H3,(H2,23,25). The number of hydrogen-bond acceptors (Lipinski definition) is 4. The number of ether oxygens (including phenoxy) is 2. The molecule has 1 amide bonds. The number of esters is 1. The van der Waals surface area contributed by atoms with Gasteiger partial charge in [-0.05, 0) is 29.8 Å². The fourth-order valence-electron chi connectivity index (χ4n) is 2.99. The number of rotatable bonds is 6. The van der Waals surface area contributed by atoms with E-state index in [0.29, 0.717) is 17.3 Å². The number of amides is 1. The van der Waals surface area contributed by atoms with Crippen molar-refractivity contribution in [2.24, 2.45) is 5.73 Å². The van der Waals surface area contributed by atoms with Crippen LogP contribution < -0.4 is 10.5 Å². The van der Waals surface area contributed by atoms with Crippen LogP contribution in [0.5, 0.6) is 5.75 Å². The van der Waals surface area contributed by atoms with Crippen LogP contribution in [-0.4, -0.2) is 30.7 Å². The summed E-state index contributed by atoms with van der Waals surface area (Å²) in [4.78, 5) is 23.6. The van der Waals surface area contributed by atoms with Gasteiger partial charge in [-0.1, -0.05) is 41.9 Å². The van der Waals surface area contributed by atoms with Crippen molar-refractivity contribution in [2.45, 2.75) is 6.54 Å². The van der Waals surface area contributed by atoms with Crippen molar-refractivity contribution >= 4 is 40.5 Å². The minimum absolute atomic E-state index is 0.267. The molecule has 0 saturated carbocycles. The van der Waals surface area contributed by atoms with E-state index in [1.54, 1.807) is 7.11 Å². The van der Waals surface area contributed by atoms with Gasteiger partial charge in [-0.15, -0.1) is 0 Å². The second-order valence-corrected chi connectivity index (χ2v) is 6.43. The molecule has 0 bridgehead atoms. The Bertz CT molecular complexity index is 1070. The van der Waals surface area contributed by atoms with E-state index in [-0.39, 0.29) is 5.57 Å². The predicted octanol–water partition coefficient (Wildman–Crippen LogP) is 3.39. The highest BCUT2D eigenvalue weighted by Crippen LogP contribution is 2.33. The number of halogens is 1. The van der Waals surface area contributed by atoms with Crippen molar-refractivity contribution in [2.75, 3.05) is 14.2 Å². The fourth-order valence-corrected chi connectivity index (χ4v) is 3.30. The van der Waals surface area contributed by atoms with Crippen molar-refractivity contribution in [1.82, 2.24) is 4.57 Å². The largest absolute Gasteiger partial charge is 0.497 e. The van der Waals surface area contributed by atoms with Crippen molar-refractivity contribution < 1.29 is 19.1 Å². The molecule has 1 aromatic heterocycles. The van der Waals surface area contributed by atoms with Gasteiger partial charge in [0.2, 0.25) is 0 Å². The lowest BCUT2D eigenvalue weighted by molar-refractivity contribution is -0.137. The smallest absolute Gasteiger partial charge is 0.343 e. The molecule has 0 atom stereocenters. The zero-order chi connectivity index (χ0) is 20.3. The molecule has 3 rings (SSSR count). The Kier molecular flexibility index (Phi) is 5.70. The van der Waals surface area contributed by atoms with E-state index in [1.807, 2.05) is 53.1 Å². The van der Waals surface area contributed by atoms with Gasteiger partial charge in [0, 0.05) is 17.5 Å². The fraction of sp³-hybridized carbons (Fsp3) is 0.143. The van der Waals surface area contributed by atoms with Crippen LogP contribution in [0, 0.1) is 0 Å². The molecular weight excluding hydrogens is 380 g/mol. The average molecular weight is 399 g/mol. The number of fused-ring (bicyclic) bond motifs is 1. The maximum Gasteiger partial charge on any atom is 0.343 e. The Hall–Kier alpha value is -3.25. The van der Waals surface area contributed by atoms with Gasteiger partial charge in [0.25, 0.3) is 5.91 Å². The average Bonchev–Trinajstić information content (AvgIpc) is 2.97. The summed E-state index contributed by atoms with van der Waals surface area (Å²) in [5.41, 5.74) is 7.49. The van der Waals surface area contributed by atoms with Crippen molar-refractivity contribution in [3.63, 3.8) is 0 Å².